The second-order valence-electron chi connectivity index (χ2n) is 4.81. The fourth-order valence-electron chi connectivity index (χ4n) is 1.99. The number of halogens is 3. The molecule has 1 atom stereocenters. The number of carbonyl (C=O) groups is 1. The van der Waals surface area contributed by atoms with Gasteiger partial charge in [0.15, 0.2) is 11.7 Å². The molecule has 0 aromatic carbocycles. The van der Waals surface area contributed by atoms with Gasteiger partial charge in [0.25, 0.3) is 0 Å². The third-order valence-corrected chi connectivity index (χ3v) is 3.06. The van der Waals surface area contributed by atoms with Crippen molar-refractivity contribution in [3.8, 4) is 6.07 Å². The first kappa shape index (κ1) is 16.4. The number of ketones is 1. The first-order chi connectivity index (χ1) is 10.7. The molecule has 0 aliphatic heterocycles. The smallest absolute Gasteiger partial charge is 0.326 e. The van der Waals surface area contributed by atoms with Crippen LogP contribution in [-0.4, -0.2) is 15.8 Å². The average Bonchev–Trinajstić information content (AvgIpc) is 2.46. The number of nitriles is 1. The number of Topliss-reactive ketones (excluding diaryl/α,β-unsaturated/α-hetero) is 1. The van der Waals surface area contributed by atoms with Crippen LogP contribution in [0.25, 0.3) is 0 Å². The summed E-state index contributed by atoms with van der Waals surface area (Å²) < 4.78 is 37.5. The van der Waals surface area contributed by atoms with Crippen LogP contribution in [0, 0.1) is 18.3 Å². The number of alkyl halides is 3. The highest BCUT2D eigenvalue weighted by molar-refractivity contribution is 6.02. The lowest BCUT2D eigenvalue weighted by Gasteiger charge is -2.10. The molecule has 5 nitrogen and oxygen atoms in total. The second-order valence-corrected chi connectivity index (χ2v) is 4.81. The Bertz CT molecular complexity index is 833. The van der Waals surface area contributed by atoms with E-state index in [1.165, 1.54) is 6.07 Å². The lowest BCUT2D eigenvalue weighted by atomic mass is 9.95. The van der Waals surface area contributed by atoms with Gasteiger partial charge in [0.2, 0.25) is 5.56 Å². The summed E-state index contributed by atoms with van der Waals surface area (Å²) in [5.74, 6) is -2.09. The standard InChI is InChI=1S/C15H10F3N3O2/c1-8-4-9(5-13(22)21-8)14(23)11(6-19)12-3-2-10(7-20-12)15(16,17)18/h2-5,7,11H,1H3,(H,21,22)/t11-/m1/s1. The summed E-state index contributed by atoms with van der Waals surface area (Å²) in [6.07, 6.45) is -3.99. The maximum atomic E-state index is 12.5. The van der Waals surface area contributed by atoms with E-state index in [2.05, 4.69) is 9.97 Å². The molecule has 0 bridgehead atoms. The molecular formula is C15H10F3N3O2. The maximum Gasteiger partial charge on any atom is 0.417 e. The number of H-pyrrole nitrogens is 1. The predicted molar refractivity (Wildman–Crippen MR) is 73.7 cm³/mol. The van der Waals surface area contributed by atoms with Crippen molar-refractivity contribution in [2.75, 3.05) is 0 Å². The molecule has 0 aliphatic carbocycles. The van der Waals surface area contributed by atoms with E-state index in [9.17, 15) is 22.8 Å². The number of hydrogen-bond donors (Lipinski definition) is 1. The van der Waals surface area contributed by atoms with Crippen LogP contribution in [0.15, 0.2) is 35.3 Å². The minimum Gasteiger partial charge on any atom is -0.326 e. The molecule has 8 heteroatoms. The Morgan fingerprint density at radius 2 is 2.04 bits per heavy atom. The zero-order chi connectivity index (χ0) is 17.2. The lowest BCUT2D eigenvalue weighted by Crippen LogP contribution is -2.17. The summed E-state index contributed by atoms with van der Waals surface area (Å²) in [6.45, 7) is 1.57. The van der Waals surface area contributed by atoms with E-state index in [1.54, 1.807) is 13.0 Å². The Kier molecular flexibility index (Phi) is 4.31. The van der Waals surface area contributed by atoms with Crippen LogP contribution in [0.2, 0.25) is 0 Å². The van der Waals surface area contributed by atoms with Gasteiger partial charge in [-0.3, -0.25) is 14.6 Å². The van der Waals surface area contributed by atoms with E-state index < -0.39 is 29.0 Å². The maximum absolute atomic E-state index is 12.5. The Morgan fingerprint density at radius 1 is 1.35 bits per heavy atom. The van der Waals surface area contributed by atoms with E-state index in [1.807, 2.05) is 0 Å². The Labute approximate surface area is 128 Å². The van der Waals surface area contributed by atoms with Gasteiger partial charge in [0, 0.05) is 23.5 Å². The SMILES string of the molecule is Cc1cc(C(=O)[C@H](C#N)c2ccc(C(F)(F)F)cn2)cc(=O)[nH]1. The van der Waals surface area contributed by atoms with Crippen molar-refractivity contribution in [1.29, 1.82) is 5.26 Å². The molecule has 0 amide bonds. The first-order valence-electron chi connectivity index (χ1n) is 6.40. The summed E-state index contributed by atoms with van der Waals surface area (Å²) in [4.78, 5) is 29.7. The quantitative estimate of drug-likeness (QED) is 0.880. The molecule has 2 aromatic rings. The van der Waals surface area contributed by atoms with E-state index in [4.69, 9.17) is 5.26 Å². The van der Waals surface area contributed by atoms with Crippen molar-refractivity contribution in [2.45, 2.75) is 19.0 Å². The van der Waals surface area contributed by atoms with E-state index in [0.717, 1.165) is 18.2 Å². The summed E-state index contributed by atoms with van der Waals surface area (Å²) >= 11 is 0. The zero-order valence-electron chi connectivity index (χ0n) is 11.8. The third kappa shape index (κ3) is 3.63. The van der Waals surface area contributed by atoms with Crippen molar-refractivity contribution in [2.24, 2.45) is 0 Å². The number of nitrogens with zero attached hydrogens (tertiary/aromatic N) is 2. The number of pyridine rings is 2. The molecule has 0 saturated heterocycles. The summed E-state index contributed by atoms with van der Waals surface area (Å²) in [5, 5.41) is 9.16. The first-order valence-corrected chi connectivity index (χ1v) is 6.40. The van der Waals surface area contributed by atoms with Crippen LogP contribution in [0.3, 0.4) is 0 Å². The van der Waals surface area contributed by atoms with E-state index in [0.29, 0.717) is 11.9 Å². The minimum absolute atomic E-state index is 0.000465. The van der Waals surface area contributed by atoms with Crippen LogP contribution in [0.1, 0.15) is 33.2 Å². The molecule has 0 fully saturated rings. The van der Waals surface area contributed by atoms with Gasteiger partial charge in [0.1, 0.15) is 0 Å². The highest BCUT2D eigenvalue weighted by Gasteiger charge is 2.31. The molecule has 0 radical (unpaired) electrons. The van der Waals surface area contributed by atoms with Crippen LogP contribution in [0.5, 0.6) is 0 Å². The fraction of sp³-hybridized carbons (Fsp3) is 0.200. The van der Waals surface area contributed by atoms with Gasteiger partial charge in [-0.2, -0.15) is 18.4 Å². The van der Waals surface area contributed by atoms with Crippen molar-refractivity contribution < 1.29 is 18.0 Å². The van der Waals surface area contributed by atoms with Crippen molar-refractivity contribution in [3.05, 3.63) is 63.3 Å². The molecular weight excluding hydrogens is 311 g/mol. The normalized spacial score (nSPS) is 12.5. The number of aryl methyl sites for hydroxylation is 1. The van der Waals surface area contributed by atoms with Gasteiger partial charge in [0.05, 0.1) is 17.3 Å². The Balaban J connectivity index is 2.38. The van der Waals surface area contributed by atoms with Gasteiger partial charge >= 0.3 is 6.18 Å². The van der Waals surface area contributed by atoms with Crippen molar-refractivity contribution >= 4 is 5.78 Å². The molecule has 2 aromatic heterocycles. The number of aromatic amines is 1. The van der Waals surface area contributed by atoms with Crippen molar-refractivity contribution in [3.63, 3.8) is 0 Å². The van der Waals surface area contributed by atoms with Gasteiger partial charge < -0.3 is 4.98 Å². The van der Waals surface area contributed by atoms with Crippen LogP contribution in [0.4, 0.5) is 13.2 Å². The molecule has 1 N–H and O–H groups in total. The zero-order valence-corrected chi connectivity index (χ0v) is 11.8. The van der Waals surface area contributed by atoms with Crippen LogP contribution < -0.4 is 5.56 Å². The third-order valence-electron chi connectivity index (χ3n) is 3.06. The average molecular weight is 321 g/mol. The Hall–Kier alpha value is -2.95. The number of carbonyl (C=O) groups excluding carboxylic acids is 1. The molecule has 23 heavy (non-hydrogen) atoms. The molecule has 2 heterocycles. The summed E-state index contributed by atoms with van der Waals surface area (Å²) in [6, 6.07) is 5.86. The predicted octanol–water partition coefficient (Wildman–Crippen LogP) is 2.59. The number of nitrogens with one attached hydrogen (secondary N) is 1. The fourth-order valence-corrected chi connectivity index (χ4v) is 1.99. The van der Waals surface area contributed by atoms with E-state index in [-0.39, 0.29) is 11.3 Å². The largest absolute Gasteiger partial charge is 0.417 e. The monoisotopic (exact) mass is 321 g/mol. The van der Waals surface area contributed by atoms with Crippen LogP contribution in [-0.2, 0) is 6.18 Å². The molecule has 2 rings (SSSR count). The molecule has 0 saturated carbocycles. The Morgan fingerprint density at radius 3 is 2.52 bits per heavy atom. The second kappa shape index (κ2) is 6.04. The minimum atomic E-state index is -4.55. The lowest BCUT2D eigenvalue weighted by molar-refractivity contribution is -0.137. The van der Waals surface area contributed by atoms with Gasteiger partial charge in [-0.15, -0.1) is 0 Å². The molecule has 0 aliphatic rings. The topological polar surface area (TPSA) is 86.6 Å². The summed E-state index contributed by atoms with van der Waals surface area (Å²) in [7, 11) is 0. The molecule has 0 spiro atoms. The molecule has 118 valence electrons. The van der Waals surface area contributed by atoms with E-state index >= 15 is 0 Å². The number of rotatable bonds is 3. The molecule has 0 unspecified atom stereocenters. The van der Waals surface area contributed by atoms with Gasteiger partial charge in [-0.25, -0.2) is 0 Å². The highest BCUT2D eigenvalue weighted by atomic mass is 19.4. The van der Waals surface area contributed by atoms with Gasteiger partial charge in [-0.1, -0.05) is 0 Å². The number of aromatic nitrogens is 2. The summed E-state index contributed by atoms with van der Waals surface area (Å²) in [5.41, 5.74) is -1.16. The highest BCUT2D eigenvalue weighted by Crippen LogP contribution is 2.29. The van der Waals surface area contributed by atoms with Crippen LogP contribution >= 0.6 is 0 Å². The number of hydrogen-bond acceptors (Lipinski definition) is 4. The van der Waals surface area contributed by atoms with Gasteiger partial charge in [-0.05, 0) is 25.1 Å². The van der Waals surface area contributed by atoms with Crippen molar-refractivity contribution in [1.82, 2.24) is 9.97 Å².